The van der Waals surface area contributed by atoms with Crippen LogP contribution in [0.5, 0.6) is 5.75 Å². The van der Waals surface area contributed by atoms with Crippen LogP contribution >= 0.6 is 0 Å². The molecule has 0 fully saturated rings. The van der Waals surface area contributed by atoms with Gasteiger partial charge >= 0.3 is 0 Å². The number of phenolic OH excluding ortho intramolecular Hbond substituents is 1. The van der Waals surface area contributed by atoms with Crippen LogP contribution in [0.3, 0.4) is 0 Å². The number of rotatable bonds is 2. The summed E-state index contributed by atoms with van der Waals surface area (Å²) in [4.78, 5) is 0. The summed E-state index contributed by atoms with van der Waals surface area (Å²) in [6.07, 6.45) is 0. The fraction of sp³-hybridized carbons (Fsp3) is 0.222. The van der Waals surface area contributed by atoms with Gasteiger partial charge in [0.1, 0.15) is 5.82 Å². The Balaban J connectivity index is 2.36. The van der Waals surface area contributed by atoms with Crippen molar-refractivity contribution in [3.63, 3.8) is 0 Å². The minimum atomic E-state index is -0.666. The smallest absolute Gasteiger partial charge is 0.166 e. The molecular formula is C18H17F2NO. The molecule has 1 aromatic heterocycles. The molecule has 0 saturated carbocycles. The first-order chi connectivity index (χ1) is 10.4. The lowest BCUT2D eigenvalue weighted by atomic mass is 10.1. The second-order valence-corrected chi connectivity index (χ2v) is 5.86. The molecule has 114 valence electrons. The van der Waals surface area contributed by atoms with Gasteiger partial charge in [-0.3, -0.25) is 0 Å². The maximum atomic E-state index is 13.8. The number of nitrogens with zero attached hydrogens (tertiary/aromatic N) is 1. The van der Waals surface area contributed by atoms with E-state index in [1.807, 2.05) is 24.5 Å². The highest BCUT2D eigenvalue weighted by molar-refractivity contribution is 5.85. The number of halogens is 2. The van der Waals surface area contributed by atoms with Crippen LogP contribution in [-0.2, 0) is 0 Å². The Bertz CT molecular complexity index is 865. The van der Waals surface area contributed by atoms with Crippen molar-refractivity contribution in [2.24, 2.45) is 0 Å². The molecule has 22 heavy (non-hydrogen) atoms. The lowest BCUT2D eigenvalue weighted by molar-refractivity contribution is 0.433. The molecule has 0 amide bonds. The molecule has 0 aliphatic rings. The van der Waals surface area contributed by atoms with Crippen molar-refractivity contribution in [1.29, 1.82) is 0 Å². The summed E-state index contributed by atoms with van der Waals surface area (Å²) in [7, 11) is 0. The van der Waals surface area contributed by atoms with E-state index >= 15 is 0 Å². The van der Waals surface area contributed by atoms with Crippen LogP contribution in [0.25, 0.3) is 16.6 Å². The maximum Gasteiger partial charge on any atom is 0.166 e. The summed E-state index contributed by atoms with van der Waals surface area (Å²) in [5.74, 6) is -1.10. The molecule has 0 radical (unpaired) electrons. The predicted octanol–water partition coefficient (Wildman–Crippen LogP) is 5.05. The fourth-order valence-electron chi connectivity index (χ4n) is 2.72. The average Bonchev–Trinajstić information content (AvgIpc) is 2.81. The molecule has 1 N–H and O–H groups in total. The number of fused-ring (bicyclic) bond motifs is 1. The van der Waals surface area contributed by atoms with E-state index in [9.17, 15) is 13.9 Å². The SMILES string of the molecule is Cc1cc(-n2c(C(C)C)cc3cc(O)c(F)cc32)ccc1F. The number of aromatic nitrogens is 1. The molecule has 3 aromatic rings. The molecule has 0 unspecified atom stereocenters. The molecule has 0 saturated heterocycles. The van der Waals surface area contributed by atoms with Gasteiger partial charge in [-0.2, -0.15) is 0 Å². The van der Waals surface area contributed by atoms with Gasteiger partial charge < -0.3 is 9.67 Å². The molecule has 2 aromatic carbocycles. The summed E-state index contributed by atoms with van der Waals surface area (Å²) in [5.41, 5.74) is 2.95. The Morgan fingerprint density at radius 2 is 1.73 bits per heavy atom. The summed E-state index contributed by atoms with van der Waals surface area (Å²) < 4.78 is 29.2. The molecule has 0 aliphatic carbocycles. The zero-order valence-corrected chi connectivity index (χ0v) is 12.7. The van der Waals surface area contributed by atoms with Crippen molar-refractivity contribution in [3.05, 3.63) is 59.3 Å². The molecule has 0 spiro atoms. The quantitative estimate of drug-likeness (QED) is 0.704. The van der Waals surface area contributed by atoms with Crippen LogP contribution in [-0.4, -0.2) is 9.67 Å². The monoisotopic (exact) mass is 301 g/mol. The summed E-state index contributed by atoms with van der Waals surface area (Å²) in [6, 6.07) is 9.50. The lowest BCUT2D eigenvalue weighted by Crippen LogP contribution is -2.02. The highest BCUT2D eigenvalue weighted by Gasteiger charge is 2.16. The first-order valence-electron chi connectivity index (χ1n) is 7.19. The second-order valence-electron chi connectivity index (χ2n) is 5.86. The van der Waals surface area contributed by atoms with E-state index in [1.165, 1.54) is 18.2 Å². The van der Waals surface area contributed by atoms with E-state index in [1.54, 1.807) is 19.1 Å². The molecule has 4 heteroatoms. The number of aromatic hydroxyl groups is 1. The zero-order chi connectivity index (χ0) is 16.0. The summed E-state index contributed by atoms with van der Waals surface area (Å²) in [6.45, 7) is 5.78. The molecule has 0 aliphatic heterocycles. The standard InChI is InChI=1S/C18H17F2NO/c1-10(2)16-7-12-8-18(22)15(20)9-17(12)21(16)13-4-5-14(19)11(3)6-13/h4-10,22H,1-3H3. The first kappa shape index (κ1) is 14.6. The van der Waals surface area contributed by atoms with Gasteiger partial charge in [0, 0.05) is 22.8 Å². The van der Waals surface area contributed by atoms with E-state index in [2.05, 4.69) is 0 Å². The number of hydrogen-bond donors (Lipinski definition) is 1. The largest absolute Gasteiger partial charge is 0.505 e. The molecule has 0 atom stereocenters. The van der Waals surface area contributed by atoms with E-state index in [4.69, 9.17) is 0 Å². The van der Waals surface area contributed by atoms with Crippen LogP contribution < -0.4 is 0 Å². The first-order valence-corrected chi connectivity index (χ1v) is 7.19. The normalized spacial score (nSPS) is 11.5. The maximum absolute atomic E-state index is 13.8. The van der Waals surface area contributed by atoms with Crippen LogP contribution in [0.1, 0.15) is 31.0 Å². The average molecular weight is 301 g/mol. The van der Waals surface area contributed by atoms with Crippen LogP contribution in [0.2, 0.25) is 0 Å². The number of aryl methyl sites for hydroxylation is 1. The van der Waals surface area contributed by atoms with Crippen LogP contribution in [0, 0.1) is 18.6 Å². The third kappa shape index (κ3) is 2.25. The molecule has 0 bridgehead atoms. The number of hydrogen-bond acceptors (Lipinski definition) is 1. The van der Waals surface area contributed by atoms with E-state index < -0.39 is 5.82 Å². The van der Waals surface area contributed by atoms with E-state index in [-0.39, 0.29) is 17.5 Å². The highest BCUT2D eigenvalue weighted by atomic mass is 19.1. The van der Waals surface area contributed by atoms with Gasteiger partial charge in [0.15, 0.2) is 11.6 Å². The third-order valence-electron chi connectivity index (χ3n) is 3.89. The van der Waals surface area contributed by atoms with Gasteiger partial charge in [0.2, 0.25) is 0 Å². The van der Waals surface area contributed by atoms with Gasteiger partial charge in [0.25, 0.3) is 0 Å². The third-order valence-corrected chi connectivity index (χ3v) is 3.89. The van der Waals surface area contributed by atoms with Crippen molar-refractivity contribution < 1.29 is 13.9 Å². The fourth-order valence-corrected chi connectivity index (χ4v) is 2.72. The van der Waals surface area contributed by atoms with Crippen LogP contribution in [0.15, 0.2) is 36.4 Å². The lowest BCUT2D eigenvalue weighted by Gasteiger charge is -2.14. The Morgan fingerprint density at radius 1 is 1.00 bits per heavy atom. The molecular weight excluding hydrogens is 284 g/mol. The van der Waals surface area contributed by atoms with Crippen molar-refractivity contribution in [2.45, 2.75) is 26.7 Å². The molecule has 2 nitrogen and oxygen atoms in total. The Morgan fingerprint density at radius 3 is 2.36 bits per heavy atom. The van der Waals surface area contributed by atoms with E-state index in [0.29, 0.717) is 11.1 Å². The van der Waals surface area contributed by atoms with Crippen molar-refractivity contribution >= 4 is 10.9 Å². The second kappa shape index (κ2) is 5.13. The predicted molar refractivity (Wildman–Crippen MR) is 83.7 cm³/mol. The minimum absolute atomic E-state index is 0.197. The van der Waals surface area contributed by atoms with Crippen LogP contribution in [0.4, 0.5) is 8.78 Å². The van der Waals surface area contributed by atoms with Crippen molar-refractivity contribution in [3.8, 4) is 11.4 Å². The molecule has 1 heterocycles. The van der Waals surface area contributed by atoms with Crippen molar-refractivity contribution in [1.82, 2.24) is 4.57 Å². The Labute approximate surface area is 127 Å². The number of phenols is 1. The van der Waals surface area contributed by atoms with Gasteiger partial charge in [-0.25, -0.2) is 8.78 Å². The van der Waals surface area contributed by atoms with Crippen molar-refractivity contribution in [2.75, 3.05) is 0 Å². The van der Waals surface area contributed by atoms with Gasteiger partial charge in [-0.05, 0) is 48.7 Å². The Hall–Kier alpha value is -2.36. The molecule has 3 rings (SSSR count). The van der Waals surface area contributed by atoms with Gasteiger partial charge in [-0.1, -0.05) is 13.8 Å². The topological polar surface area (TPSA) is 25.2 Å². The highest BCUT2D eigenvalue weighted by Crippen LogP contribution is 2.32. The van der Waals surface area contributed by atoms with Gasteiger partial charge in [-0.15, -0.1) is 0 Å². The summed E-state index contributed by atoms with van der Waals surface area (Å²) in [5, 5.41) is 10.3. The minimum Gasteiger partial charge on any atom is -0.505 e. The Kier molecular flexibility index (Phi) is 3.39. The number of benzene rings is 2. The summed E-state index contributed by atoms with van der Waals surface area (Å²) >= 11 is 0. The van der Waals surface area contributed by atoms with Gasteiger partial charge in [0.05, 0.1) is 5.52 Å². The zero-order valence-electron chi connectivity index (χ0n) is 12.7. The van der Waals surface area contributed by atoms with E-state index in [0.717, 1.165) is 16.8 Å².